The Balaban J connectivity index is 0.00000121. The molecule has 1 aromatic carbocycles. The van der Waals surface area contributed by atoms with Gasteiger partial charge in [-0.3, -0.25) is 4.79 Å². The Hall–Kier alpha value is -1.60. The third-order valence-corrected chi connectivity index (χ3v) is 5.71. The maximum atomic E-state index is 12.6. The number of likely N-dealkylation sites (tertiary alicyclic amines) is 1. The van der Waals surface area contributed by atoms with Gasteiger partial charge in [-0.1, -0.05) is 19.1 Å². The summed E-state index contributed by atoms with van der Waals surface area (Å²) < 4.78 is 6.91. The van der Waals surface area contributed by atoms with Gasteiger partial charge in [0.1, 0.15) is 0 Å². The van der Waals surface area contributed by atoms with Crippen LogP contribution in [0.5, 0.6) is 0 Å². The van der Waals surface area contributed by atoms with Gasteiger partial charge in [0.15, 0.2) is 16.5 Å². The van der Waals surface area contributed by atoms with E-state index < -0.39 is 0 Å². The summed E-state index contributed by atoms with van der Waals surface area (Å²) in [6.45, 7) is 4.12. The molecule has 1 saturated heterocycles. The summed E-state index contributed by atoms with van der Waals surface area (Å²) in [5.41, 5.74) is 6.77. The largest absolute Gasteiger partial charge is 0.448 e. The molecule has 5 nitrogen and oxygen atoms in total. The molecule has 1 aliphatic rings. The number of fused-ring (bicyclic) bond motifs is 1. The van der Waals surface area contributed by atoms with Gasteiger partial charge in [0.05, 0.1) is 10.2 Å². The fourth-order valence-corrected chi connectivity index (χ4v) is 3.99. The van der Waals surface area contributed by atoms with Gasteiger partial charge in [-0.05, 0) is 42.6 Å². The smallest absolute Gasteiger partial charge is 0.289 e. The first-order chi connectivity index (χ1) is 11.6. The fourth-order valence-electron chi connectivity index (χ4n) is 3.06. The topological polar surface area (TPSA) is 72.4 Å². The molecule has 26 heavy (non-hydrogen) atoms. The molecule has 3 aromatic rings. The highest BCUT2D eigenvalue weighted by Crippen LogP contribution is 2.33. The van der Waals surface area contributed by atoms with Gasteiger partial charge in [0.25, 0.3) is 5.91 Å². The van der Waals surface area contributed by atoms with Crippen molar-refractivity contribution >= 4 is 52.3 Å². The van der Waals surface area contributed by atoms with Crippen LogP contribution in [0.4, 0.5) is 0 Å². The number of aromatic nitrogens is 1. The van der Waals surface area contributed by atoms with E-state index >= 15 is 0 Å². The van der Waals surface area contributed by atoms with Crippen molar-refractivity contribution in [1.29, 1.82) is 0 Å². The maximum Gasteiger partial charge on any atom is 0.289 e. The van der Waals surface area contributed by atoms with Crippen molar-refractivity contribution in [2.24, 2.45) is 11.1 Å². The Kier molecular flexibility index (Phi) is 6.34. The van der Waals surface area contributed by atoms with Gasteiger partial charge in [-0.15, -0.1) is 36.2 Å². The van der Waals surface area contributed by atoms with E-state index in [9.17, 15) is 4.79 Å². The predicted octanol–water partition coefficient (Wildman–Crippen LogP) is 4.21. The van der Waals surface area contributed by atoms with E-state index in [1.807, 2.05) is 35.2 Å². The molecule has 1 atom stereocenters. The van der Waals surface area contributed by atoms with Crippen molar-refractivity contribution in [1.82, 2.24) is 9.88 Å². The minimum atomic E-state index is -0.0699. The number of furan rings is 1. The van der Waals surface area contributed by atoms with Crippen molar-refractivity contribution in [3.8, 4) is 10.8 Å². The minimum Gasteiger partial charge on any atom is -0.448 e. The third-order valence-electron chi connectivity index (χ3n) is 4.66. The number of carbonyl (C=O) groups excluding carboxylic acids is 1. The van der Waals surface area contributed by atoms with Crippen LogP contribution in [0.15, 0.2) is 40.8 Å². The number of hydrogen-bond donors (Lipinski definition) is 1. The Morgan fingerprint density at radius 2 is 2.08 bits per heavy atom. The molecule has 8 heteroatoms. The fraction of sp³-hybridized carbons (Fsp3) is 0.333. The van der Waals surface area contributed by atoms with Crippen molar-refractivity contribution in [2.75, 3.05) is 19.6 Å². The summed E-state index contributed by atoms with van der Waals surface area (Å²) in [6.07, 6.45) is 0.931. The second-order valence-electron chi connectivity index (χ2n) is 6.64. The number of para-hydroxylation sites is 1. The summed E-state index contributed by atoms with van der Waals surface area (Å²) in [6, 6.07) is 11.5. The summed E-state index contributed by atoms with van der Waals surface area (Å²) in [5.74, 6) is 0.936. The van der Waals surface area contributed by atoms with Crippen LogP contribution in [0.2, 0.25) is 0 Å². The molecule has 140 valence electrons. The van der Waals surface area contributed by atoms with E-state index in [0.717, 1.165) is 28.2 Å². The molecule has 0 aliphatic carbocycles. The predicted molar refractivity (Wildman–Crippen MR) is 109 cm³/mol. The lowest BCUT2D eigenvalue weighted by Gasteiger charge is -2.21. The van der Waals surface area contributed by atoms with E-state index in [-0.39, 0.29) is 36.1 Å². The average Bonchev–Trinajstić information content (AvgIpc) is 3.31. The second-order valence-corrected chi connectivity index (χ2v) is 7.67. The van der Waals surface area contributed by atoms with Crippen LogP contribution in [0.25, 0.3) is 21.0 Å². The zero-order chi connectivity index (χ0) is 16.7. The molecule has 0 radical (unpaired) electrons. The Bertz CT molecular complexity index is 878. The van der Waals surface area contributed by atoms with Crippen LogP contribution in [0.1, 0.15) is 23.9 Å². The Morgan fingerprint density at radius 3 is 2.77 bits per heavy atom. The second kappa shape index (κ2) is 7.96. The number of nitrogens with zero attached hydrogens (tertiary/aromatic N) is 2. The first-order valence-electron chi connectivity index (χ1n) is 8.03. The lowest BCUT2D eigenvalue weighted by Crippen LogP contribution is -2.34. The van der Waals surface area contributed by atoms with Crippen LogP contribution >= 0.6 is 36.2 Å². The molecule has 1 amide bonds. The number of thiazole rings is 1. The summed E-state index contributed by atoms with van der Waals surface area (Å²) >= 11 is 1.56. The SMILES string of the molecule is CC1(CN)CCN(C(=O)c2ccc(-c3nc4ccccc4s3)o2)C1.Cl.Cl. The van der Waals surface area contributed by atoms with E-state index in [1.54, 1.807) is 17.4 Å². The number of hydrogen-bond acceptors (Lipinski definition) is 5. The van der Waals surface area contributed by atoms with E-state index in [0.29, 0.717) is 24.6 Å². The highest BCUT2D eigenvalue weighted by Gasteiger charge is 2.36. The zero-order valence-electron chi connectivity index (χ0n) is 14.3. The molecule has 0 saturated carbocycles. The molecule has 4 rings (SSSR count). The lowest BCUT2D eigenvalue weighted by atomic mass is 9.90. The van der Waals surface area contributed by atoms with Crippen molar-refractivity contribution in [2.45, 2.75) is 13.3 Å². The highest BCUT2D eigenvalue weighted by molar-refractivity contribution is 7.21. The van der Waals surface area contributed by atoms with E-state index in [4.69, 9.17) is 10.2 Å². The van der Waals surface area contributed by atoms with E-state index in [1.165, 1.54) is 0 Å². The molecule has 1 unspecified atom stereocenters. The standard InChI is InChI=1S/C18H19N3O2S.2ClH/c1-18(10-19)8-9-21(11-18)17(22)14-7-6-13(23-14)16-20-12-4-2-3-5-15(12)24-16;;/h2-7H,8-11,19H2,1H3;2*1H. The summed E-state index contributed by atoms with van der Waals surface area (Å²) in [5, 5.41) is 0.795. The quantitative estimate of drug-likeness (QED) is 0.697. The van der Waals surface area contributed by atoms with Crippen molar-refractivity contribution in [3.05, 3.63) is 42.2 Å². The number of benzene rings is 1. The van der Waals surface area contributed by atoms with Gasteiger partial charge in [-0.2, -0.15) is 0 Å². The van der Waals surface area contributed by atoms with Crippen molar-refractivity contribution < 1.29 is 9.21 Å². The van der Waals surface area contributed by atoms with Crippen LogP contribution in [-0.4, -0.2) is 35.4 Å². The number of amides is 1. The van der Waals surface area contributed by atoms with Gasteiger partial charge in [0.2, 0.25) is 0 Å². The number of carbonyl (C=O) groups is 1. The molecule has 1 aliphatic heterocycles. The molecular weight excluding hydrogens is 393 g/mol. The molecular formula is C18H21Cl2N3O2S. The van der Waals surface area contributed by atoms with E-state index in [2.05, 4.69) is 11.9 Å². The first-order valence-corrected chi connectivity index (χ1v) is 8.85. The number of halogens is 2. The highest BCUT2D eigenvalue weighted by atomic mass is 35.5. The van der Waals surface area contributed by atoms with Gasteiger partial charge in [0, 0.05) is 13.1 Å². The number of nitrogens with two attached hydrogens (primary N) is 1. The van der Waals surface area contributed by atoms with Gasteiger partial charge in [-0.25, -0.2) is 4.98 Å². The normalized spacial score (nSPS) is 19.2. The van der Waals surface area contributed by atoms with Crippen LogP contribution < -0.4 is 5.73 Å². The Morgan fingerprint density at radius 1 is 1.31 bits per heavy atom. The lowest BCUT2D eigenvalue weighted by molar-refractivity contribution is 0.0746. The molecule has 0 spiro atoms. The first kappa shape index (κ1) is 20.7. The van der Waals surface area contributed by atoms with Gasteiger partial charge >= 0.3 is 0 Å². The van der Waals surface area contributed by atoms with Gasteiger partial charge < -0.3 is 15.1 Å². The molecule has 3 heterocycles. The summed E-state index contributed by atoms with van der Waals surface area (Å²) in [7, 11) is 0. The molecule has 2 aromatic heterocycles. The Labute approximate surface area is 168 Å². The van der Waals surface area contributed by atoms with Crippen LogP contribution in [0, 0.1) is 5.41 Å². The number of rotatable bonds is 3. The third kappa shape index (κ3) is 3.74. The van der Waals surface area contributed by atoms with Crippen molar-refractivity contribution in [3.63, 3.8) is 0 Å². The van der Waals surface area contributed by atoms with Crippen LogP contribution in [0.3, 0.4) is 0 Å². The maximum absolute atomic E-state index is 12.6. The summed E-state index contributed by atoms with van der Waals surface area (Å²) in [4.78, 5) is 19.0. The monoisotopic (exact) mass is 413 g/mol. The van der Waals surface area contributed by atoms with Crippen LogP contribution in [-0.2, 0) is 0 Å². The zero-order valence-corrected chi connectivity index (χ0v) is 16.8. The molecule has 2 N–H and O–H groups in total. The minimum absolute atomic E-state index is 0. The molecule has 0 bridgehead atoms. The average molecular weight is 414 g/mol. The molecule has 1 fully saturated rings.